The number of nitrogens with zero attached hydrogens (tertiary/aromatic N) is 4. The summed E-state index contributed by atoms with van der Waals surface area (Å²) in [5.41, 5.74) is 2.38. The molecular formula is C46H56FN7O9. The molecule has 7 rings (SSSR count). The molecule has 17 heteroatoms. The number of halogens is 1. The number of rotatable bonds is 14. The van der Waals surface area contributed by atoms with Crippen molar-refractivity contribution in [3.63, 3.8) is 0 Å². The first kappa shape index (κ1) is 46.4. The first-order valence-corrected chi connectivity index (χ1v) is 21.0. The van der Waals surface area contributed by atoms with E-state index in [2.05, 4.69) is 16.0 Å². The molecule has 3 N–H and O–H groups in total. The summed E-state index contributed by atoms with van der Waals surface area (Å²) in [6.45, 7) is 10.3. The van der Waals surface area contributed by atoms with Crippen molar-refractivity contribution >= 4 is 57.0 Å². The van der Waals surface area contributed by atoms with Crippen LogP contribution in [0.25, 0.3) is 21.9 Å². The Balaban J connectivity index is 0.000000215. The molecular weight excluding hydrogens is 814 g/mol. The lowest BCUT2D eigenvalue weighted by Gasteiger charge is -2.27. The van der Waals surface area contributed by atoms with Crippen molar-refractivity contribution in [3.05, 3.63) is 109 Å². The molecule has 5 aromatic rings. The lowest BCUT2D eigenvalue weighted by atomic mass is 10.00. The number of hydrogen-bond acceptors (Lipinski definition) is 14. The summed E-state index contributed by atoms with van der Waals surface area (Å²) >= 11 is 0. The van der Waals surface area contributed by atoms with E-state index in [-0.39, 0.29) is 62.4 Å². The van der Waals surface area contributed by atoms with Gasteiger partial charge in [0, 0.05) is 86.9 Å². The predicted molar refractivity (Wildman–Crippen MR) is 241 cm³/mol. The average molecular weight is 870 g/mol. The lowest BCUT2D eigenvalue weighted by molar-refractivity contribution is 0.0942. The highest BCUT2D eigenvalue weighted by molar-refractivity contribution is 6.09. The fourth-order valence-electron chi connectivity index (χ4n) is 7.11. The molecule has 16 nitrogen and oxygen atoms in total. The van der Waals surface area contributed by atoms with Gasteiger partial charge in [0.05, 0.1) is 48.8 Å². The van der Waals surface area contributed by atoms with Gasteiger partial charge in [0.25, 0.3) is 11.8 Å². The summed E-state index contributed by atoms with van der Waals surface area (Å²) in [6.07, 6.45) is 0. The van der Waals surface area contributed by atoms with Gasteiger partial charge < -0.3 is 53.9 Å². The minimum atomic E-state index is -0.333. The molecule has 0 spiro atoms. The Kier molecular flexibility index (Phi) is 15.7. The van der Waals surface area contributed by atoms with E-state index in [1.54, 1.807) is 24.3 Å². The van der Waals surface area contributed by atoms with Crippen LogP contribution in [0, 0.1) is 5.82 Å². The molecule has 2 saturated heterocycles. The van der Waals surface area contributed by atoms with Gasteiger partial charge in [-0.15, -0.1) is 0 Å². The highest BCUT2D eigenvalue weighted by atomic mass is 19.1. The molecule has 1 unspecified atom stereocenters. The monoisotopic (exact) mass is 869 g/mol. The SMILES string of the molecule is CC(=O)c1cc(C(=O)NCCN(C)C)cc2c(=O)cc(N3CCOCC3)oc12.CC(Nc1ccc(F)cc1)c1cc(C(=O)NCCN(C)C)cc2c(=O)cc(N3CCOCC3)oc12. The highest BCUT2D eigenvalue weighted by Gasteiger charge is 2.23. The second-order valence-corrected chi connectivity index (χ2v) is 16.0. The first-order valence-electron chi connectivity index (χ1n) is 21.0. The summed E-state index contributed by atoms with van der Waals surface area (Å²) in [4.78, 5) is 71.3. The van der Waals surface area contributed by atoms with Crippen molar-refractivity contribution in [2.24, 2.45) is 0 Å². The van der Waals surface area contributed by atoms with Crippen LogP contribution >= 0.6 is 0 Å². The molecule has 3 aromatic carbocycles. The Hall–Kier alpha value is -6.14. The number of fused-ring (bicyclic) bond motifs is 2. The fraction of sp³-hybridized carbons (Fsp3) is 0.413. The zero-order valence-corrected chi connectivity index (χ0v) is 36.7. The van der Waals surface area contributed by atoms with E-state index in [0.29, 0.717) is 118 Å². The van der Waals surface area contributed by atoms with Crippen LogP contribution in [0.3, 0.4) is 0 Å². The van der Waals surface area contributed by atoms with Gasteiger partial charge in [-0.3, -0.25) is 24.0 Å². The molecule has 4 heterocycles. The van der Waals surface area contributed by atoms with Crippen LogP contribution in [0.2, 0.25) is 0 Å². The molecule has 0 radical (unpaired) electrons. The minimum Gasteiger partial charge on any atom is -0.440 e. The number of nitrogens with one attached hydrogen (secondary N) is 3. The van der Waals surface area contributed by atoms with E-state index in [0.717, 1.165) is 0 Å². The van der Waals surface area contributed by atoms with Crippen LogP contribution in [0.1, 0.15) is 56.5 Å². The van der Waals surface area contributed by atoms with Gasteiger partial charge >= 0.3 is 0 Å². The number of likely N-dealkylation sites (N-methyl/N-ethyl adjacent to an activating group) is 2. The van der Waals surface area contributed by atoms with Gasteiger partial charge in [0.2, 0.25) is 0 Å². The molecule has 0 saturated carbocycles. The van der Waals surface area contributed by atoms with Crippen LogP contribution < -0.4 is 36.6 Å². The molecule has 2 aliphatic heterocycles. The number of hydrogen-bond donors (Lipinski definition) is 3. The number of Topliss-reactive ketones (excluding diaryl/α,β-unsaturated/α-hetero) is 1. The maximum Gasteiger partial charge on any atom is 0.251 e. The smallest absolute Gasteiger partial charge is 0.251 e. The Morgan fingerprint density at radius 2 is 1.14 bits per heavy atom. The Bertz CT molecular complexity index is 2530. The normalized spacial score (nSPS) is 14.7. The number of ketones is 1. The molecule has 1 atom stereocenters. The quantitative estimate of drug-likeness (QED) is 0.134. The third-order valence-electron chi connectivity index (χ3n) is 10.6. The average Bonchev–Trinajstić information content (AvgIpc) is 3.27. The van der Waals surface area contributed by atoms with Crippen molar-refractivity contribution in [3.8, 4) is 0 Å². The van der Waals surface area contributed by atoms with Gasteiger partial charge in [-0.2, -0.15) is 0 Å². The summed E-state index contributed by atoms with van der Waals surface area (Å²) < 4.78 is 36.3. The molecule has 0 bridgehead atoms. The van der Waals surface area contributed by atoms with Gasteiger partial charge in [0.1, 0.15) is 11.4 Å². The summed E-state index contributed by atoms with van der Waals surface area (Å²) in [5, 5.41) is 9.58. The van der Waals surface area contributed by atoms with Crippen LogP contribution in [0.15, 0.2) is 79.1 Å². The number of anilines is 3. The van der Waals surface area contributed by atoms with Crippen molar-refractivity contribution in [2.75, 3.05) is 122 Å². The van der Waals surface area contributed by atoms with E-state index in [1.807, 2.05) is 54.7 Å². The Morgan fingerprint density at radius 1 is 0.683 bits per heavy atom. The predicted octanol–water partition coefficient (Wildman–Crippen LogP) is 4.36. The molecule has 63 heavy (non-hydrogen) atoms. The first-order chi connectivity index (χ1) is 30.2. The number of carbonyl (C=O) groups is 3. The molecule has 2 fully saturated rings. The topological polar surface area (TPSA) is 179 Å². The minimum absolute atomic E-state index is 0.214. The zero-order valence-electron chi connectivity index (χ0n) is 36.7. The lowest BCUT2D eigenvalue weighted by Crippen LogP contribution is -2.36. The van der Waals surface area contributed by atoms with Crippen molar-refractivity contribution in [2.45, 2.75) is 19.9 Å². The summed E-state index contributed by atoms with van der Waals surface area (Å²) in [7, 11) is 7.68. The van der Waals surface area contributed by atoms with E-state index in [4.69, 9.17) is 18.3 Å². The molecule has 2 aliphatic rings. The van der Waals surface area contributed by atoms with Crippen LogP contribution in [-0.2, 0) is 9.47 Å². The highest BCUT2D eigenvalue weighted by Crippen LogP contribution is 2.31. The van der Waals surface area contributed by atoms with Gasteiger partial charge in [-0.05, 0) is 90.6 Å². The van der Waals surface area contributed by atoms with Crippen molar-refractivity contribution < 1.29 is 37.1 Å². The number of ether oxygens (including phenoxy) is 2. The standard InChI is InChI=1S/C26H31FN4O4.C20H25N3O5/c1-17(29-20-6-4-19(27)5-7-20)21-14-18(26(33)28-8-9-30(2)3)15-22-23(32)16-24(35-25(21)22)31-10-12-34-13-11-31;1-13(24)15-10-14(20(26)21-4-5-22(2)3)11-16-17(25)12-18(28-19(15)16)23-6-8-27-9-7-23/h4-7,14-17,29H,8-13H2,1-3H3,(H,28,33);10-12H,4-9H2,1-3H3,(H,21,26). The summed E-state index contributed by atoms with van der Waals surface area (Å²) in [6, 6.07) is 14.9. The number of carbonyl (C=O) groups excluding carboxylic acids is 3. The number of morpholine rings is 2. The van der Waals surface area contributed by atoms with Gasteiger partial charge in [-0.25, -0.2) is 4.39 Å². The molecule has 2 aromatic heterocycles. The second-order valence-electron chi connectivity index (χ2n) is 16.0. The van der Waals surface area contributed by atoms with E-state index in [1.165, 1.54) is 43.3 Å². The molecule has 2 amide bonds. The Morgan fingerprint density at radius 3 is 1.62 bits per heavy atom. The third kappa shape index (κ3) is 12.1. The van der Waals surface area contributed by atoms with Gasteiger partial charge in [0.15, 0.2) is 34.0 Å². The number of benzene rings is 3. The maximum absolute atomic E-state index is 13.4. The Labute approximate surface area is 364 Å². The largest absolute Gasteiger partial charge is 0.440 e. The molecule has 336 valence electrons. The van der Waals surface area contributed by atoms with Crippen molar-refractivity contribution in [1.29, 1.82) is 0 Å². The van der Waals surface area contributed by atoms with Crippen LogP contribution in [0.5, 0.6) is 0 Å². The number of amides is 2. The summed E-state index contributed by atoms with van der Waals surface area (Å²) in [5.74, 6) is -0.305. The van der Waals surface area contributed by atoms with Gasteiger partial charge in [-0.1, -0.05) is 0 Å². The second kappa shape index (κ2) is 21.3. The van der Waals surface area contributed by atoms with Crippen LogP contribution in [0.4, 0.5) is 21.8 Å². The van der Waals surface area contributed by atoms with E-state index < -0.39 is 0 Å². The van der Waals surface area contributed by atoms with Crippen LogP contribution in [-0.4, -0.2) is 134 Å². The molecule has 0 aliphatic carbocycles. The zero-order chi connectivity index (χ0) is 45.2. The van der Waals surface area contributed by atoms with Crippen molar-refractivity contribution in [1.82, 2.24) is 20.4 Å². The maximum atomic E-state index is 13.4. The van der Waals surface area contributed by atoms with E-state index in [9.17, 15) is 28.4 Å². The van der Waals surface area contributed by atoms with E-state index >= 15 is 0 Å². The third-order valence-corrected chi connectivity index (χ3v) is 10.6. The fourth-order valence-corrected chi connectivity index (χ4v) is 7.11.